The molecule has 0 atom stereocenters. The van der Waals surface area contributed by atoms with Gasteiger partial charge in [0, 0.05) is 17.1 Å². The Morgan fingerprint density at radius 2 is 1.25 bits per heavy atom. The molecule has 16 valence electrons. The van der Waals surface area contributed by atoms with Crippen LogP contribution in [-0.4, -0.2) is 65.5 Å². The quantitative estimate of drug-likeness (QED) is 0.370. The van der Waals surface area contributed by atoms with Crippen LogP contribution >= 0.6 is 0 Å². The average Bonchev–Trinajstić information content (AvgIpc) is 1.00. The monoisotopic (exact) mass is 176 g/mol. The molecular formula is H2Li2Se2. The van der Waals surface area contributed by atoms with Gasteiger partial charge in [0.15, 0.2) is 0 Å². The largest absolute Gasteiger partial charge is 0 e. The zero-order chi connectivity index (χ0) is 2.00. The van der Waals surface area contributed by atoms with Crippen molar-refractivity contribution in [2.75, 3.05) is 0 Å². The van der Waals surface area contributed by atoms with E-state index in [4.69, 9.17) is 0 Å². The van der Waals surface area contributed by atoms with Crippen molar-refractivity contribution in [1.29, 1.82) is 0 Å². The van der Waals surface area contributed by atoms with E-state index >= 15 is 0 Å². The first-order chi connectivity index (χ1) is 1.00. The van der Waals surface area contributed by atoms with Gasteiger partial charge in [-0.15, -0.1) is 0 Å². The van der Waals surface area contributed by atoms with E-state index in [1.54, 1.807) is 0 Å². The van der Waals surface area contributed by atoms with Gasteiger partial charge in [-0.3, -0.25) is 0 Å². The van der Waals surface area contributed by atoms with Crippen molar-refractivity contribution in [2.45, 2.75) is 0 Å². The number of hydrogen-bond donors (Lipinski definition) is 0. The fourth-order valence-electron chi connectivity index (χ4n) is 0. The Labute approximate surface area is 64.8 Å². The maximum absolute atomic E-state index is 2.31. The fraction of sp³-hybridized carbons (Fsp3) is 0. The van der Waals surface area contributed by atoms with Crippen molar-refractivity contribution in [3.8, 4) is 0 Å². The second-order valence-electron chi connectivity index (χ2n) is 0. The Kier molecular flexibility index (Phi) is 76.8. The first-order valence-corrected chi connectivity index (χ1v) is 2.32. The summed E-state index contributed by atoms with van der Waals surface area (Å²) in [6.45, 7) is 0. The molecule has 0 spiro atoms. The third-order valence-electron chi connectivity index (χ3n) is 0. The molecular weight excluding hydrogens is 172 g/mol. The normalized spacial score (nSPS) is 1.75. The third-order valence-corrected chi connectivity index (χ3v) is 0. The zero-order valence-electron chi connectivity index (χ0n) is 1.86. The predicted molar refractivity (Wildman–Crippen MR) is 25.8 cm³/mol. The van der Waals surface area contributed by atoms with Crippen LogP contribution in [0.2, 0.25) is 0 Å². The Bertz CT molecular complexity index is 4.00. The molecule has 0 N–H and O–H groups in total. The molecule has 0 bridgehead atoms. The molecule has 0 saturated carbocycles. The minimum atomic E-state index is 0. The number of hydrogen-bond acceptors (Lipinski definition) is 0. The molecule has 0 rings (SSSR count). The number of rotatable bonds is 0. The van der Waals surface area contributed by atoms with Crippen LogP contribution in [0.25, 0.3) is 0 Å². The first-order valence-electron chi connectivity index (χ1n) is 0.447. The van der Waals surface area contributed by atoms with Crippen LogP contribution in [0.4, 0.5) is 0 Å². The van der Waals surface area contributed by atoms with Crippen molar-refractivity contribution < 1.29 is 0 Å². The zero-order valence-corrected chi connectivity index (χ0v) is 5.45. The summed E-state index contributed by atoms with van der Waals surface area (Å²) in [7, 11) is 0. The summed E-state index contributed by atoms with van der Waals surface area (Å²) >= 11 is 4.25. The van der Waals surface area contributed by atoms with Crippen LogP contribution in [0.3, 0.4) is 0 Å². The van der Waals surface area contributed by atoms with Crippen molar-refractivity contribution in [3.63, 3.8) is 0 Å². The minimum absolute atomic E-state index is 0. The van der Waals surface area contributed by atoms with Gasteiger partial charge in [0.25, 0.3) is 0 Å². The standard InChI is InChI=1S/2Li.H2Se.Se.H/h;;1H2;;/q;+1;;;/p-1. The van der Waals surface area contributed by atoms with Crippen molar-refractivity contribution >= 4 is 65.5 Å². The maximum Gasteiger partial charge on any atom is 0 e. The van der Waals surface area contributed by atoms with Gasteiger partial charge in [-0.25, -0.2) is 0 Å². The van der Waals surface area contributed by atoms with Crippen molar-refractivity contribution in [2.24, 2.45) is 0 Å². The van der Waals surface area contributed by atoms with Crippen molar-refractivity contribution in [1.82, 2.24) is 0 Å². The van der Waals surface area contributed by atoms with Crippen LogP contribution < -0.4 is 0 Å². The predicted octanol–water partition coefficient (Wildman–Crippen LogP) is -2.06. The molecule has 0 unspecified atom stereocenters. The van der Waals surface area contributed by atoms with Crippen LogP contribution in [-0.2, 0) is 0 Å². The topological polar surface area (TPSA) is 0 Å². The third kappa shape index (κ3) is 8.87. The van der Waals surface area contributed by atoms with Gasteiger partial charge < -0.3 is 0 Å². The molecule has 0 aromatic carbocycles. The molecule has 0 aliphatic carbocycles. The Balaban J connectivity index is -0.00000000500. The molecule has 0 aliphatic heterocycles. The van der Waals surface area contributed by atoms with Crippen LogP contribution in [0.1, 0.15) is 0 Å². The average molecular weight is 174 g/mol. The molecule has 0 aromatic rings. The summed E-state index contributed by atoms with van der Waals surface area (Å²) in [4.78, 5) is 0. The van der Waals surface area contributed by atoms with Gasteiger partial charge in [0.2, 0.25) is 0 Å². The molecule has 0 amide bonds. The summed E-state index contributed by atoms with van der Waals surface area (Å²) in [5.74, 6) is 0. The van der Waals surface area contributed by atoms with Gasteiger partial charge in [0.1, 0.15) is 0 Å². The molecule has 2 radical (unpaired) electrons. The molecule has 0 heterocycles. The van der Waals surface area contributed by atoms with Crippen molar-refractivity contribution in [3.05, 3.63) is 0 Å². The summed E-state index contributed by atoms with van der Waals surface area (Å²) in [6, 6.07) is 0. The van der Waals surface area contributed by atoms with E-state index in [1.807, 2.05) is 15.8 Å². The van der Waals surface area contributed by atoms with Gasteiger partial charge in [-0.2, -0.15) is 0 Å². The molecule has 0 saturated heterocycles. The van der Waals surface area contributed by atoms with Crippen LogP contribution in [0.5, 0.6) is 0 Å². The van der Waals surface area contributed by atoms with Gasteiger partial charge in [0.05, 0.1) is 0 Å². The SMILES string of the molecule is [LiH].[Li][SeH].[Se]. The molecule has 4 heteroatoms. The van der Waals surface area contributed by atoms with Gasteiger partial charge in [-0.1, -0.05) is 0 Å². The smallest absolute Gasteiger partial charge is 0 e. The van der Waals surface area contributed by atoms with E-state index in [0.717, 1.165) is 0 Å². The van der Waals surface area contributed by atoms with Crippen LogP contribution in [0.15, 0.2) is 0 Å². The Morgan fingerprint density at radius 1 is 1.25 bits per heavy atom. The molecule has 0 aliphatic rings. The summed E-state index contributed by atoms with van der Waals surface area (Å²) in [6.07, 6.45) is 0. The minimum Gasteiger partial charge on any atom is 0 e. The van der Waals surface area contributed by atoms with E-state index in [0.29, 0.717) is 0 Å². The van der Waals surface area contributed by atoms with E-state index in [9.17, 15) is 0 Å². The van der Waals surface area contributed by atoms with E-state index in [-0.39, 0.29) is 35.9 Å². The summed E-state index contributed by atoms with van der Waals surface area (Å²) < 4.78 is 0. The Morgan fingerprint density at radius 3 is 1.25 bits per heavy atom. The summed E-state index contributed by atoms with van der Waals surface area (Å²) in [5, 5.41) is 0. The van der Waals surface area contributed by atoms with E-state index in [1.165, 1.54) is 0 Å². The summed E-state index contributed by atoms with van der Waals surface area (Å²) in [5.41, 5.74) is 0. The second kappa shape index (κ2) is 18.8. The molecule has 4 heavy (non-hydrogen) atoms. The molecule has 0 fully saturated rings. The fourth-order valence-corrected chi connectivity index (χ4v) is 0. The van der Waals surface area contributed by atoms with E-state index < -0.39 is 0 Å². The molecule has 0 nitrogen and oxygen atoms in total. The Hall–Kier alpha value is 2.23. The van der Waals surface area contributed by atoms with Gasteiger partial charge in [-0.05, 0) is 0 Å². The van der Waals surface area contributed by atoms with E-state index in [2.05, 4.69) is 13.8 Å². The molecule has 0 aromatic heterocycles. The van der Waals surface area contributed by atoms with Gasteiger partial charge >= 0.3 is 48.5 Å². The maximum atomic E-state index is 2.31. The second-order valence-corrected chi connectivity index (χ2v) is 0. The first kappa shape index (κ1) is 16.3. The van der Waals surface area contributed by atoms with Crippen LogP contribution in [0, 0.1) is 0 Å².